The molecule has 0 saturated heterocycles. The van der Waals surface area contributed by atoms with Crippen LogP contribution in [0.3, 0.4) is 0 Å². The van der Waals surface area contributed by atoms with Crippen LogP contribution < -0.4 is 14.2 Å². The van der Waals surface area contributed by atoms with Crippen LogP contribution in [0.1, 0.15) is 15.9 Å². The fraction of sp³-hybridized carbons (Fsp3) is 0.250. The lowest BCUT2D eigenvalue weighted by Crippen LogP contribution is -2.06. The Hall–Kier alpha value is -2.83. The van der Waals surface area contributed by atoms with Crippen molar-refractivity contribution in [3.8, 4) is 17.2 Å². The summed E-state index contributed by atoms with van der Waals surface area (Å²) in [6.45, 7) is 0.228. The van der Waals surface area contributed by atoms with E-state index in [1.807, 2.05) is 12.1 Å². The highest BCUT2D eigenvalue weighted by Crippen LogP contribution is 2.29. The van der Waals surface area contributed by atoms with Gasteiger partial charge in [-0.05, 0) is 35.9 Å². The first-order chi connectivity index (χ1) is 12.7. The van der Waals surface area contributed by atoms with Gasteiger partial charge in [0.2, 0.25) is 0 Å². The minimum Gasteiger partial charge on any atom is -0.496 e. The largest absolute Gasteiger partial charge is 0.496 e. The number of hydrogen-bond acceptors (Lipinski definition) is 6. The van der Waals surface area contributed by atoms with E-state index in [2.05, 4.69) is 0 Å². The fourth-order valence-electron chi connectivity index (χ4n) is 2.22. The van der Waals surface area contributed by atoms with Crippen molar-refractivity contribution in [3.05, 3.63) is 59.7 Å². The molecule has 0 aromatic heterocycles. The third kappa shape index (κ3) is 5.34. The van der Waals surface area contributed by atoms with Gasteiger partial charge in [0.1, 0.15) is 22.8 Å². The van der Waals surface area contributed by atoms with Crippen molar-refractivity contribution in [2.24, 2.45) is 0 Å². The van der Waals surface area contributed by atoms with Crippen molar-refractivity contribution in [1.82, 2.24) is 0 Å². The monoisotopic (exact) mass is 358 g/mol. The van der Waals surface area contributed by atoms with Crippen LogP contribution in [0.5, 0.6) is 17.2 Å². The highest BCUT2D eigenvalue weighted by Gasteiger charge is 2.16. The van der Waals surface area contributed by atoms with Crippen LogP contribution in [0.2, 0.25) is 0 Å². The third-order valence-corrected chi connectivity index (χ3v) is 3.44. The molecule has 0 radical (unpaired) electrons. The SMILES string of the molecule is COCOc1ccc(/C=C/C(=O)c2c(OC)cccc2OCOC)cc1. The molecule has 6 heteroatoms. The average molecular weight is 358 g/mol. The van der Waals surface area contributed by atoms with Crippen LogP contribution in [0, 0.1) is 0 Å². The Morgan fingerprint density at radius 1 is 0.885 bits per heavy atom. The Balaban J connectivity index is 2.17. The molecule has 6 nitrogen and oxygen atoms in total. The molecule has 0 saturated carbocycles. The van der Waals surface area contributed by atoms with Crippen molar-refractivity contribution in [2.45, 2.75) is 0 Å². The van der Waals surface area contributed by atoms with Crippen molar-refractivity contribution in [1.29, 1.82) is 0 Å². The molecule has 26 heavy (non-hydrogen) atoms. The van der Waals surface area contributed by atoms with Crippen molar-refractivity contribution < 1.29 is 28.5 Å². The second kappa shape index (κ2) is 10.2. The number of rotatable bonds is 10. The van der Waals surface area contributed by atoms with E-state index in [1.165, 1.54) is 20.3 Å². The smallest absolute Gasteiger partial charge is 0.193 e. The molecule has 0 aliphatic carbocycles. The van der Waals surface area contributed by atoms with Gasteiger partial charge < -0.3 is 23.7 Å². The quantitative estimate of drug-likeness (QED) is 0.368. The average Bonchev–Trinajstić information content (AvgIpc) is 2.69. The predicted octanol–water partition coefficient (Wildman–Crippen LogP) is 3.56. The zero-order valence-electron chi connectivity index (χ0n) is 15.1. The van der Waals surface area contributed by atoms with Crippen LogP contribution in [-0.2, 0) is 9.47 Å². The minimum absolute atomic E-state index is 0.0418. The molecule has 0 fully saturated rings. The number of hydrogen-bond donors (Lipinski definition) is 0. The normalized spacial score (nSPS) is 10.7. The summed E-state index contributed by atoms with van der Waals surface area (Å²) >= 11 is 0. The Kier molecular flexibility index (Phi) is 7.67. The molecule has 0 aliphatic heterocycles. The van der Waals surface area contributed by atoms with E-state index < -0.39 is 0 Å². The maximum absolute atomic E-state index is 12.7. The molecule has 0 heterocycles. The summed E-state index contributed by atoms with van der Waals surface area (Å²) in [7, 11) is 4.58. The fourth-order valence-corrected chi connectivity index (χ4v) is 2.22. The van der Waals surface area contributed by atoms with E-state index >= 15 is 0 Å². The molecule has 2 aromatic carbocycles. The summed E-state index contributed by atoms with van der Waals surface area (Å²) in [6, 6.07) is 12.5. The second-order valence-corrected chi connectivity index (χ2v) is 5.20. The van der Waals surface area contributed by atoms with E-state index in [0.29, 0.717) is 22.8 Å². The van der Waals surface area contributed by atoms with Gasteiger partial charge in [0.25, 0.3) is 0 Å². The molecule has 2 aromatic rings. The molecule has 0 bridgehead atoms. The van der Waals surface area contributed by atoms with E-state index in [4.69, 9.17) is 23.7 Å². The van der Waals surface area contributed by atoms with Gasteiger partial charge in [0.05, 0.1) is 7.11 Å². The topological polar surface area (TPSA) is 63.2 Å². The van der Waals surface area contributed by atoms with Gasteiger partial charge >= 0.3 is 0 Å². The van der Waals surface area contributed by atoms with Crippen LogP contribution >= 0.6 is 0 Å². The number of allylic oxidation sites excluding steroid dienone is 1. The highest BCUT2D eigenvalue weighted by molar-refractivity contribution is 6.10. The summed E-state index contributed by atoms with van der Waals surface area (Å²) in [4.78, 5) is 12.7. The Morgan fingerprint density at radius 2 is 1.54 bits per heavy atom. The molecular formula is C20H22O6. The van der Waals surface area contributed by atoms with Crippen LogP contribution in [0.15, 0.2) is 48.5 Å². The van der Waals surface area contributed by atoms with Crippen molar-refractivity contribution in [2.75, 3.05) is 34.9 Å². The summed E-state index contributed by atoms with van der Waals surface area (Å²) in [5, 5.41) is 0. The molecular weight excluding hydrogens is 336 g/mol. The molecule has 0 atom stereocenters. The Bertz CT molecular complexity index is 736. The molecule has 138 valence electrons. The first-order valence-electron chi connectivity index (χ1n) is 7.92. The van der Waals surface area contributed by atoms with Gasteiger partial charge in [0, 0.05) is 14.2 Å². The lowest BCUT2D eigenvalue weighted by Gasteiger charge is -2.12. The predicted molar refractivity (Wildman–Crippen MR) is 97.8 cm³/mol. The summed E-state index contributed by atoms with van der Waals surface area (Å²) < 4.78 is 25.8. The second-order valence-electron chi connectivity index (χ2n) is 5.20. The lowest BCUT2D eigenvalue weighted by molar-refractivity contribution is 0.0501. The van der Waals surface area contributed by atoms with Crippen molar-refractivity contribution in [3.63, 3.8) is 0 Å². The minimum atomic E-state index is -0.228. The Labute approximate surface area is 152 Å². The van der Waals surface area contributed by atoms with Crippen LogP contribution in [0.25, 0.3) is 6.08 Å². The van der Waals surface area contributed by atoms with Gasteiger partial charge in [-0.25, -0.2) is 0 Å². The number of benzene rings is 2. The summed E-state index contributed by atoms with van der Waals surface area (Å²) in [5.41, 5.74) is 1.21. The molecule has 0 N–H and O–H groups in total. The van der Waals surface area contributed by atoms with Crippen molar-refractivity contribution >= 4 is 11.9 Å². The van der Waals surface area contributed by atoms with E-state index in [1.54, 1.807) is 43.5 Å². The van der Waals surface area contributed by atoms with E-state index in [9.17, 15) is 4.79 Å². The molecule has 0 aliphatic rings. The maximum atomic E-state index is 12.7. The number of carbonyl (C=O) groups excluding carboxylic acids is 1. The number of ether oxygens (including phenoxy) is 5. The van der Waals surface area contributed by atoms with Gasteiger partial charge in [-0.1, -0.05) is 24.3 Å². The van der Waals surface area contributed by atoms with Gasteiger partial charge in [-0.2, -0.15) is 0 Å². The maximum Gasteiger partial charge on any atom is 0.193 e. The van der Waals surface area contributed by atoms with Gasteiger partial charge in [0.15, 0.2) is 19.4 Å². The summed E-state index contributed by atoms with van der Waals surface area (Å²) in [5.74, 6) is 1.31. The number of methoxy groups -OCH3 is 3. The molecule has 0 amide bonds. The molecule has 2 rings (SSSR count). The molecule has 0 unspecified atom stereocenters. The number of ketones is 1. The zero-order chi connectivity index (χ0) is 18.8. The first kappa shape index (κ1) is 19.5. The van der Waals surface area contributed by atoms with Gasteiger partial charge in [-0.15, -0.1) is 0 Å². The zero-order valence-corrected chi connectivity index (χ0v) is 15.1. The van der Waals surface area contributed by atoms with Gasteiger partial charge in [-0.3, -0.25) is 4.79 Å². The standard InChI is InChI=1S/C20H22O6/c1-22-13-25-16-10-7-15(8-11-16)9-12-17(21)20-18(24-3)5-4-6-19(20)26-14-23-2/h4-12H,13-14H2,1-3H3/b12-9+. The number of carbonyl (C=O) groups is 1. The van der Waals surface area contributed by atoms with Crippen LogP contribution in [0.4, 0.5) is 0 Å². The van der Waals surface area contributed by atoms with Crippen LogP contribution in [-0.4, -0.2) is 40.7 Å². The lowest BCUT2D eigenvalue weighted by atomic mass is 10.1. The highest BCUT2D eigenvalue weighted by atomic mass is 16.7. The summed E-state index contributed by atoms with van der Waals surface area (Å²) in [6.07, 6.45) is 3.19. The Morgan fingerprint density at radius 3 is 2.19 bits per heavy atom. The molecule has 0 spiro atoms. The van der Waals surface area contributed by atoms with E-state index in [-0.39, 0.29) is 19.4 Å². The third-order valence-electron chi connectivity index (χ3n) is 3.44. The first-order valence-corrected chi connectivity index (χ1v) is 7.92. The van der Waals surface area contributed by atoms with E-state index in [0.717, 1.165) is 5.56 Å².